The van der Waals surface area contributed by atoms with Crippen LogP contribution in [0.4, 0.5) is 5.82 Å². The first-order valence-electron chi connectivity index (χ1n) is 3.65. The molecule has 13 heavy (non-hydrogen) atoms. The Morgan fingerprint density at radius 2 is 2.54 bits per heavy atom. The van der Waals surface area contributed by atoms with Gasteiger partial charge in [-0.2, -0.15) is 10.2 Å². The van der Waals surface area contributed by atoms with Crippen molar-refractivity contribution in [3.63, 3.8) is 0 Å². The van der Waals surface area contributed by atoms with Gasteiger partial charge in [0, 0.05) is 0 Å². The lowest BCUT2D eigenvalue weighted by Gasteiger charge is -2.10. The molecule has 2 rings (SSSR count). The van der Waals surface area contributed by atoms with Crippen molar-refractivity contribution in [1.82, 2.24) is 15.6 Å². The second-order valence-corrected chi connectivity index (χ2v) is 2.53. The average molecular weight is 180 g/mol. The second kappa shape index (κ2) is 2.77. The van der Waals surface area contributed by atoms with Gasteiger partial charge in [-0.05, 0) is 0 Å². The van der Waals surface area contributed by atoms with E-state index in [1.54, 1.807) is 11.2 Å². The number of hydrogen-bond acceptors (Lipinski definition) is 5. The van der Waals surface area contributed by atoms with Gasteiger partial charge in [0.1, 0.15) is 24.4 Å². The third kappa shape index (κ3) is 1.19. The quantitative estimate of drug-likeness (QED) is 0.533. The van der Waals surface area contributed by atoms with Gasteiger partial charge in [-0.25, -0.2) is 0 Å². The number of rotatable bonds is 2. The topological polar surface area (TPSA) is 99.4 Å². The highest BCUT2D eigenvalue weighted by molar-refractivity contribution is 6.00. The normalized spacial score (nSPS) is 14.6. The van der Waals surface area contributed by atoms with E-state index in [4.69, 9.17) is 5.73 Å². The molecule has 68 valence electrons. The maximum Gasteiger partial charge on any atom is 0.254 e. The number of nitrogens with one attached hydrogen (secondary N) is 2. The molecule has 1 aliphatic heterocycles. The smallest absolute Gasteiger partial charge is 0.254 e. The maximum absolute atomic E-state index is 10.9. The number of nitrogens with two attached hydrogens (primary N) is 1. The molecule has 0 fully saturated rings. The summed E-state index contributed by atoms with van der Waals surface area (Å²) in [4.78, 5) is 12.6. The molecule has 0 bridgehead atoms. The fourth-order valence-corrected chi connectivity index (χ4v) is 1.08. The van der Waals surface area contributed by atoms with E-state index in [9.17, 15) is 4.79 Å². The van der Waals surface area contributed by atoms with E-state index in [0.29, 0.717) is 18.1 Å². The zero-order chi connectivity index (χ0) is 9.26. The lowest BCUT2D eigenvalue weighted by Crippen LogP contribution is -2.25. The summed E-state index contributed by atoms with van der Waals surface area (Å²) in [6.07, 6.45) is 2.95. The van der Waals surface area contributed by atoms with Gasteiger partial charge in [-0.15, -0.1) is 0 Å². The SMILES string of the molecule is NC(=O)c1cn[nH]c1N1C=NNC1. The van der Waals surface area contributed by atoms with E-state index < -0.39 is 5.91 Å². The van der Waals surface area contributed by atoms with Crippen LogP contribution in [0.15, 0.2) is 11.3 Å². The minimum atomic E-state index is -0.510. The molecule has 0 radical (unpaired) electrons. The molecule has 0 atom stereocenters. The summed E-state index contributed by atoms with van der Waals surface area (Å²) in [6.45, 7) is 0.502. The summed E-state index contributed by atoms with van der Waals surface area (Å²) in [5, 5.41) is 10.2. The number of nitrogens with zero attached hydrogens (tertiary/aromatic N) is 3. The van der Waals surface area contributed by atoms with Crippen LogP contribution < -0.4 is 16.1 Å². The number of carbonyl (C=O) groups is 1. The zero-order valence-corrected chi connectivity index (χ0v) is 6.69. The van der Waals surface area contributed by atoms with Gasteiger partial charge in [0.2, 0.25) is 0 Å². The summed E-state index contributed by atoms with van der Waals surface area (Å²) in [5.41, 5.74) is 8.21. The molecule has 1 aromatic rings. The van der Waals surface area contributed by atoms with E-state index in [-0.39, 0.29) is 0 Å². The molecule has 0 saturated heterocycles. The van der Waals surface area contributed by atoms with Gasteiger partial charge in [-0.1, -0.05) is 0 Å². The lowest BCUT2D eigenvalue weighted by molar-refractivity contribution is 0.100. The van der Waals surface area contributed by atoms with E-state index in [1.165, 1.54) is 6.20 Å². The van der Waals surface area contributed by atoms with Crippen molar-refractivity contribution < 1.29 is 4.79 Å². The van der Waals surface area contributed by atoms with Crippen LogP contribution in [0, 0.1) is 0 Å². The predicted molar refractivity (Wildman–Crippen MR) is 46.1 cm³/mol. The molecule has 0 saturated carbocycles. The Kier molecular flexibility index (Phi) is 1.62. The minimum absolute atomic E-state index is 0.357. The number of amides is 1. The second-order valence-electron chi connectivity index (χ2n) is 2.53. The van der Waals surface area contributed by atoms with E-state index in [1.807, 2.05) is 0 Å². The molecule has 2 heterocycles. The van der Waals surface area contributed by atoms with Crippen molar-refractivity contribution in [3.05, 3.63) is 11.8 Å². The van der Waals surface area contributed by atoms with Crippen LogP contribution in [-0.4, -0.2) is 29.1 Å². The van der Waals surface area contributed by atoms with Gasteiger partial charge >= 0.3 is 0 Å². The largest absolute Gasteiger partial charge is 0.365 e. The number of aromatic nitrogens is 2. The molecule has 1 aliphatic rings. The van der Waals surface area contributed by atoms with Crippen molar-refractivity contribution in [3.8, 4) is 0 Å². The fraction of sp³-hybridized carbons (Fsp3) is 0.167. The Bertz CT molecular complexity index is 356. The predicted octanol–water partition coefficient (Wildman–Crippen LogP) is -1.18. The summed E-state index contributed by atoms with van der Waals surface area (Å²) < 4.78 is 0. The highest BCUT2D eigenvalue weighted by Gasteiger charge is 2.17. The number of anilines is 1. The molecule has 0 aliphatic carbocycles. The molecule has 0 spiro atoms. The van der Waals surface area contributed by atoms with Crippen LogP contribution in [0.25, 0.3) is 0 Å². The minimum Gasteiger partial charge on any atom is -0.365 e. The Hall–Kier alpha value is -2.05. The van der Waals surface area contributed by atoms with Crippen LogP contribution in [0.3, 0.4) is 0 Å². The third-order valence-corrected chi connectivity index (χ3v) is 1.70. The van der Waals surface area contributed by atoms with Gasteiger partial charge in [0.25, 0.3) is 5.91 Å². The number of hydrogen-bond donors (Lipinski definition) is 3. The van der Waals surface area contributed by atoms with Crippen molar-refractivity contribution >= 4 is 18.1 Å². The van der Waals surface area contributed by atoms with Crippen molar-refractivity contribution in [2.24, 2.45) is 10.8 Å². The molecule has 0 unspecified atom stereocenters. The first kappa shape index (κ1) is 7.59. The Morgan fingerprint density at radius 1 is 1.69 bits per heavy atom. The Morgan fingerprint density at radius 3 is 3.15 bits per heavy atom. The number of primary amides is 1. The maximum atomic E-state index is 10.9. The van der Waals surface area contributed by atoms with E-state index >= 15 is 0 Å². The molecule has 7 nitrogen and oxygen atoms in total. The molecule has 7 heteroatoms. The van der Waals surface area contributed by atoms with Crippen LogP contribution in [0.1, 0.15) is 10.4 Å². The fourth-order valence-electron chi connectivity index (χ4n) is 1.08. The van der Waals surface area contributed by atoms with E-state index in [0.717, 1.165) is 0 Å². The van der Waals surface area contributed by atoms with E-state index in [2.05, 4.69) is 20.7 Å². The summed E-state index contributed by atoms with van der Waals surface area (Å²) in [7, 11) is 0. The Labute approximate surface area is 73.6 Å². The van der Waals surface area contributed by atoms with Crippen molar-refractivity contribution in [2.45, 2.75) is 0 Å². The third-order valence-electron chi connectivity index (χ3n) is 1.70. The Balaban J connectivity index is 2.33. The molecule has 0 aromatic carbocycles. The van der Waals surface area contributed by atoms with Crippen LogP contribution >= 0.6 is 0 Å². The number of H-pyrrole nitrogens is 1. The van der Waals surface area contributed by atoms with Gasteiger partial charge in [0.15, 0.2) is 0 Å². The van der Waals surface area contributed by atoms with Crippen LogP contribution in [0.2, 0.25) is 0 Å². The first-order valence-corrected chi connectivity index (χ1v) is 3.65. The average Bonchev–Trinajstić information content (AvgIpc) is 2.74. The molecular formula is C6H8N6O. The lowest BCUT2D eigenvalue weighted by atomic mass is 10.3. The van der Waals surface area contributed by atoms with Crippen molar-refractivity contribution in [2.75, 3.05) is 11.6 Å². The molecular weight excluding hydrogens is 172 g/mol. The van der Waals surface area contributed by atoms with Crippen LogP contribution in [-0.2, 0) is 0 Å². The monoisotopic (exact) mass is 180 g/mol. The molecule has 1 aromatic heterocycles. The van der Waals surface area contributed by atoms with Crippen LogP contribution in [0.5, 0.6) is 0 Å². The molecule has 1 amide bonds. The standard InChI is InChI=1S/C6H8N6O/c7-5(13)4-1-8-11-6(4)12-2-9-10-3-12/h1-2,10H,3H2,(H2,7,13)(H,8,11). The van der Waals surface area contributed by atoms with Gasteiger partial charge < -0.3 is 5.73 Å². The number of hydrazone groups is 1. The van der Waals surface area contributed by atoms with Gasteiger partial charge in [-0.3, -0.25) is 20.2 Å². The summed E-state index contributed by atoms with van der Waals surface area (Å²) in [6, 6.07) is 0. The number of carbonyl (C=O) groups excluding carboxylic acids is 1. The molecule has 4 N–H and O–H groups in total. The highest BCUT2D eigenvalue weighted by atomic mass is 16.1. The first-order chi connectivity index (χ1) is 6.29. The highest BCUT2D eigenvalue weighted by Crippen LogP contribution is 2.15. The summed E-state index contributed by atoms with van der Waals surface area (Å²) >= 11 is 0. The summed E-state index contributed by atoms with van der Waals surface area (Å²) in [5.74, 6) is 0.0466. The number of aromatic amines is 1. The van der Waals surface area contributed by atoms with Gasteiger partial charge in [0.05, 0.1) is 6.20 Å². The zero-order valence-electron chi connectivity index (χ0n) is 6.69. The van der Waals surface area contributed by atoms with Crippen molar-refractivity contribution in [1.29, 1.82) is 0 Å².